The highest BCUT2D eigenvalue weighted by Crippen LogP contribution is 2.12. The van der Waals surface area contributed by atoms with E-state index in [1.807, 2.05) is 0 Å². The Hall–Kier alpha value is -2.15. The van der Waals surface area contributed by atoms with Crippen molar-refractivity contribution in [3.63, 3.8) is 0 Å². The van der Waals surface area contributed by atoms with Gasteiger partial charge in [0, 0.05) is 19.7 Å². The highest BCUT2D eigenvalue weighted by atomic mass is 35.5. The fourth-order valence-electron chi connectivity index (χ4n) is 1.96. The molecule has 1 fully saturated rings. The highest BCUT2D eigenvalue weighted by Gasteiger charge is 2.27. The van der Waals surface area contributed by atoms with Crippen LogP contribution in [0.15, 0.2) is 18.3 Å². The molecule has 0 spiro atoms. The van der Waals surface area contributed by atoms with Gasteiger partial charge < -0.3 is 10.2 Å². The lowest BCUT2D eigenvalue weighted by atomic mass is 10.1. The summed E-state index contributed by atoms with van der Waals surface area (Å²) in [6.07, 6.45) is 2.04. The van der Waals surface area contributed by atoms with Crippen LogP contribution in [0, 0.1) is 0 Å². The summed E-state index contributed by atoms with van der Waals surface area (Å²) in [6.45, 7) is 0.0480. The van der Waals surface area contributed by atoms with Crippen LogP contribution in [-0.2, 0) is 14.4 Å². The van der Waals surface area contributed by atoms with Crippen molar-refractivity contribution in [3.8, 4) is 0 Å². The van der Waals surface area contributed by atoms with E-state index in [1.54, 1.807) is 24.1 Å². The molecule has 112 valence electrons. The van der Waals surface area contributed by atoms with Crippen LogP contribution in [0.5, 0.6) is 0 Å². The third-order valence-electron chi connectivity index (χ3n) is 3.06. The van der Waals surface area contributed by atoms with E-state index in [0.717, 1.165) is 0 Å². The Labute approximate surface area is 126 Å². The number of nitrogens with one attached hydrogen (secondary N) is 2. The summed E-state index contributed by atoms with van der Waals surface area (Å²) in [5, 5.41) is 5.31. The van der Waals surface area contributed by atoms with E-state index in [1.165, 1.54) is 6.20 Å². The van der Waals surface area contributed by atoms with Crippen LogP contribution in [-0.4, -0.2) is 42.3 Å². The molecule has 0 saturated carbocycles. The van der Waals surface area contributed by atoms with Crippen LogP contribution in [0.3, 0.4) is 0 Å². The van der Waals surface area contributed by atoms with E-state index in [-0.39, 0.29) is 24.8 Å². The van der Waals surface area contributed by atoms with Crippen molar-refractivity contribution in [2.24, 2.45) is 0 Å². The molecule has 1 saturated heterocycles. The molecule has 0 bridgehead atoms. The number of rotatable bonds is 4. The molecule has 8 heteroatoms. The standard InChI is InChI=1S/C13H15ClN4O3/c1-18(10-4-2-8(14)6-15-10)7-12(20)16-9-3-5-11(19)17-13(9)21/h2,4,6,9H,3,5,7H2,1H3,(H,16,20)(H,17,19,21). The topological polar surface area (TPSA) is 91.4 Å². The Balaban J connectivity index is 1.88. The quantitative estimate of drug-likeness (QED) is 0.769. The number of imide groups is 1. The monoisotopic (exact) mass is 310 g/mol. The summed E-state index contributed by atoms with van der Waals surface area (Å²) < 4.78 is 0. The Bertz CT molecular complexity index is 561. The molecule has 0 radical (unpaired) electrons. The molecule has 1 unspecified atom stereocenters. The lowest BCUT2D eigenvalue weighted by Gasteiger charge is -2.23. The van der Waals surface area contributed by atoms with Gasteiger partial charge in [0.05, 0.1) is 11.6 Å². The van der Waals surface area contributed by atoms with Crippen LogP contribution >= 0.6 is 11.6 Å². The van der Waals surface area contributed by atoms with Crippen LogP contribution in [0.2, 0.25) is 5.02 Å². The molecule has 1 aliphatic heterocycles. The van der Waals surface area contributed by atoms with Gasteiger partial charge in [-0.1, -0.05) is 11.6 Å². The number of amides is 3. The van der Waals surface area contributed by atoms with Crippen LogP contribution < -0.4 is 15.5 Å². The van der Waals surface area contributed by atoms with Gasteiger partial charge in [-0.15, -0.1) is 0 Å². The van der Waals surface area contributed by atoms with Crippen molar-refractivity contribution in [2.45, 2.75) is 18.9 Å². The molecule has 7 nitrogen and oxygen atoms in total. The summed E-state index contributed by atoms with van der Waals surface area (Å²) in [6, 6.07) is 2.71. The van der Waals surface area contributed by atoms with Crippen molar-refractivity contribution < 1.29 is 14.4 Å². The maximum atomic E-state index is 11.9. The highest BCUT2D eigenvalue weighted by molar-refractivity contribution is 6.30. The van der Waals surface area contributed by atoms with E-state index in [9.17, 15) is 14.4 Å². The molecule has 2 rings (SSSR count). The third-order valence-corrected chi connectivity index (χ3v) is 3.28. The Morgan fingerprint density at radius 2 is 2.29 bits per heavy atom. The number of aromatic nitrogens is 1. The number of carbonyl (C=O) groups excluding carboxylic acids is 3. The van der Waals surface area contributed by atoms with Crippen molar-refractivity contribution in [2.75, 3.05) is 18.5 Å². The second-order valence-corrected chi connectivity index (χ2v) is 5.20. The Kier molecular flexibility index (Phi) is 4.74. The van der Waals surface area contributed by atoms with Crippen LogP contribution in [0.1, 0.15) is 12.8 Å². The molecule has 1 atom stereocenters. The summed E-state index contributed by atoms with van der Waals surface area (Å²) in [4.78, 5) is 40.2. The first-order chi connectivity index (χ1) is 9.95. The summed E-state index contributed by atoms with van der Waals surface area (Å²) >= 11 is 5.75. The average Bonchev–Trinajstić information content (AvgIpc) is 2.42. The first kappa shape index (κ1) is 15.2. The maximum absolute atomic E-state index is 11.9. The first-order valence-corrected chi connectivity index (χ1v) is 6.79. The van der Waals surface area contributed by atoms with Crippen LogP contribution in [0.25, 0.3) is 0 Å². The molecular formula is C13H15ClN4O3. The van der Waals surface area contributed by atoms with Gasteiger partial charge in [0.15, 0.2) is 0 Å². The van der Waals surface area contributed by atoms with E-state index in [0.29, 0.717) is 17.3 Å². The Morgan fingerprint density at radius 1 is 1.52 bits per heavy atom. The first-order valence-electron chi connectivity index (χ1n) is 6.41. The number of nitrogens with zero attached hydrogens (tertiary/aromatic N) is 2. The van der Waals surface area contributed by atoms with E-state index < -0.39 is 11.9 Å². The minimum absolute atomic E-state index is 0.0480. The molecule has 0 aliphatic carbocycles. The third kappa shape index (κ3) is 4.16. The lowest BCUT2D eigenvalue weighted by Crippen LogP contribution is -2.53. The van der Waals surface area contributed by atoms with E-state index in [4.69, 9.17) is 11.6 Å². The molecule has 2 N–H and O–H groups in total. The number of hydrogen-bond acceptors (Lipinski definition) is 5. The average molecular weight is 311 g/mol. The molecule has 21 heavy (non-hydrogen) atoms. The van der Waals surface area contributed by atoms with Gasteiger partial charge in [0.25, 0.3) is 0 Å². The second kappa shape index (κ2) is 6.53. The zero-order chi connectivity index (χ0) is 15.4. The number of pyridine rings is 1. The van der Waals surface area contributed by atoms with Gasteiger partial charge in [0.1, 0.15) is 11.9 Å². The van der Waals surface area contributed by atoms with Gasteiger partial charge in [-0.05, 0) is 18.6 Å². The number of carbonyl (C=O) groups is 3. The molecule has 1 aromatic rings. The van der Waals surface area contributed by atoms with Crippen molar-refractivity contribution >= 4 is 35.1 Å². The fraction of sp³-hybridized carbons (Fsp3) is 0.385. The van der Waals surface area contributed by atoms with Gasteiger partial charge >= 0.3 is 0 Å². The lowest BCUT2D eigenvalue weighted by molar-refractivity contribution is -0.137. The zero-order valence-corrected chi connectivity index (χ0v) is 12.2. The van der Waals surface area contributed by atoms with Gasteiger partial charge in [-0.25, -0.2) is 4.98 Å². The smallest absolute Gasteiger partial charge is 0.249 e. The van der Waals surface area contributed by atoms with E-state index in [2.05, 4.69) is 15.6 Å². The largest absolute Gasteiger partial charge is 0.350 e. The molecule has 3 amide bonds. The fourth-order valence-corrected chi connectivity index (χ4v) is 2.07. The zero-order valence-electron chi connectivity index (χ0n) is 11.4. The normalized spacial score (nSPS) is 18.1. The minimum atomic E-state index is -0.665. The molecule has 0 aromatic carbocycles. The SMILES string of the molecule is CN(CC(=O)NC1CCC(=O)NC1=O)c1ccc(Cl)cn1. The van der Waals surface area contributed by atoms with Gasteiger partial charge in [-0.2, -0.15) is 0 Å². The summed E-state index contributed by atoms with van der Waals surface area (Å²) in [5.41, 5.74) is 0. The van der Waals surface area contributed by atoms with Crippen LogP contribution in [0.4, 0.5) is 5.82 Å². The second-order valence-electron chi connectivity index (χ2n) is 4.76. The van der Waals surface area contributed by atoms with Gasteiger partial charge in [-0.3, -0.25) is 19.7 Å². The predicted octanol–water partition coefficient (Wildman–Crippen LogP) is 0.0926. The maximum Gasteiger partial charge on any atom is 0.249 e. The van der Waals surface area contributed by atoms with Crippen molar-refractivity contribution in [3.05, 3.63) is 23.4 Å². The Morgan fingerprint density at radius 3 is 2.90 bits per heavy atom. The number of likely N-dealkylation sites (N-methyl/N-ethyl adjacent to an activating group) is 1. The molecule has 1 aliphatic rings. The number of piperidine rings is 1. The predicted molar refractivity (Wildman–Crippen MR) is 76.8 cm³/mol. The number of hydrogen-bond donors (Lipinski definition) is 2. The summed E-state index contributed by atoms with van der Waals surface area (Å²) in [7, 11) is 1.71. The van der Waals surface area contributed by atoms with Crippen molar-refractivity contribution in [1.29, 1.82) is 0 Å². The van der Waals surface area contributed by atoms with Crippen molar-refractivity contribution in [1.82, 2.24) is 15.6 Å². The molecule has 2 heterocycles. The molecule has 1 aromatic heterocycles. The number of halogens is 1. The number of anilines is 1. The minimum Gasteiger partial charge on any atom is -0.350 e. The summed E-state index contributed by atoms with van der Waals surface area (Å²) in [5.74, 6) is -0.499. The van der Waals surface area contributed by atoms with Gasteiger partial charge in [0.2, 0.25) is 17.7 Å². The molecular weight excluding hydrogens is 296 g/mol. The van der Waals surface area contributed by atoms with E-state index >= 15 is 0 Å².